The van der Waals surface area contributed by atoms with Gasteiger partial charge in [-0.15, -0.1) is 0 Å². The fourth-order valence-electron chi connectivity index (χ4n) is 4.48. The van der Waals surface area contributed by atoms with E-state index in [9.17, 15) is 14.9 Å². The summed E-state index contributed by atoms with van der Waals surface area (Å²) in [5.41, 5.74) is 3.72. The van der Waals surface area contributed by atoms with Crippen LogP contribution >= 0.6 is 11.6 Å². The van der Waals surface area contributed by atoms with E-state index in [1.807, 2.05) is 78.9 Å². The topological polar surface area (TPSA) is 85.0 Å². The van der Waals surface area contributed by atoms with Crippen molar-refractivity contribution < 1.29 is 14.5 Å². The first-order valence-electron chi connectivity index (χ1n) is 11.6. The lowest BCUT2D eigenvalue weighted by Gasteiger charge is -2.32. The first-order valence-corrected chi connectivity index (χ1v) is 12.0. The Morgan fingerprint density at radius 1 is 1.00 bits per heavy atom. The molecule has 4 aromatic rings. The molecule has 1 aliphatic heterocycles. The predicted octanol–water partition coefficient (Wildman–Crippen LogP) is 7.17. The number of anilines is 1. The van der Waals surface area contributed by atoms with E-state index in [4.69, 9.17) is 21.3 Å². The van der Waals surface area contributed by atoms with Crippen molar-refractivity contribution in [3.8, 4) is 5.75 Å². The molecule has 0 saturated heterocycles. The Morgan fingerprint density at radius 3 is 2.41 bits per heavy atom. The molecule has 0 radical (unpaired) electrons. The SMILES string of the molecule is COc1ccc(C2=Nc3ccccc3N(C(=O)c3ccc(Cl)c([N+](=O)[O-])c3)C(c3ccccc3)C2)cc1. The van der Waals surface area contributed by atoms with Gasteiger partial charge in [-0.3, -0.25) is 24.8 Å². The van der Waals surface area contributed by atoms with E-state index in [1.165, 1.54) is 18.2 Å². The summed E-state index contributed by atoms with van der Waals surface area (Å²) in [7, 11) is 1.62. The van der Waals surface area contributed by atoms with Crippen LogP contribution in [-0.4, -0.2) is 23.7 Å². The molecule has 1 amide bonds. The van der Waals surface area contributed by atoms with E-state index in [0.717, 1.165) is 22.6 Å². The molecule has 1 unspecified atom stereocenters. The second-order valence-electron chi connectivity index (χ2n) is 8.50. The van der Waals surface area contributed by atoms with Gasteiger partial charge in [0.25, 0.3) is 11.6 Å². The number of nitro benzene ring substituents is 1. The maximum Gasteiger partial charge on any atom is 0.288 e. The van der Waals surface area contributed by atoms with Crippen LogP contribution in [0.2, 0.25) is 5.02 Å². The predicted molar refractivity (Wildman–Crippen MR) is 144 cm³/mol. The average Bonchev–Trinajstić information content (AvgIpc) is 3.10. The summed E-state index contributed by atoms with van der Waals surface area (Å²) in [4.78, 5) is 31.7. The Balaban J connectivity index is 1.67. The largest absolute Gasteiger partial charge is 0.497 e. The van der Waals surface area contributed by atoms with Crippen LogP contribution in [0.1, 0.15) is 33.9 Å². The molecule has 0 fully saturated rings. The molecule has 184 valence electrons. The standard InChI is InChI=1S/C29H22ClN3O4/c1-37-22-14-11-19(12-15-22)25-18-27(20-7-3-2-4-8-20)32(26-10-6-5-9-24(26)31-25)29(34)21-13-16-23(30)28(17-21)33(35)36/h2-17,27H,18H2,1H3. The van der Waals surface area contributed by atoms with Crippen molar-refractivity contribution in [1.82, 2.24) is 0 Å². The lowest BCUT2D eigenvalue weighted by atomic mass is 9.95. The van der Waals surface area contributed by atoms with Gasteiger partial charge in [-0.2, -0.15) is 0 Å². The number of nitro groups is 1. The van der Waals surface area contributed by atoms with Crippen molar-refractivity contribution in [1.29, 1.82) is 0 Å². The van der Waals surface area contributed by atoms with Crippen molar-refractivity contribution in [3.05, 3.63) is 129 Å². The Kier molecular flexibility index (Phi) is 6.70. The third-order valence-corrected chi connectivity index (χ3v) is 6.63. The molecule has 4 aromatic carbocycles. The Hall–Kier alpha value is -4.49. The zero-order valence-electron chi connectivity index (χ0n) is 19.9. The molecule has 37 heavy (non-hydrogen) atoms. The zero-order valence-corrected chi connectivity index (χ0v) is 20.6. The van der Waals surface area contributed by atoms with Crippen LogP contribution in [0.25, 0.3) is 0 Å². The lowest BCUT2D eigenvalue weighted by Crippen LogP contribution is -2.35. The fourth-order valence-corrected chi connectivity index (χ4v) is 4.67. The molecule has 0 aliphatic carbocycles. The van der Waals surface area contributed by atoms with Gasteiger partial charge in [0.15, 0.2) is 0 Å². The number of benzene rings is 4. The number of hydrogen-bond donors (Lipinski definition) is 0. The smallest absolute Gasteiger partial charge is 0.288 e. The summed E-state index contributed by atoms with van der Waals surface area (Å²) in [6.07, 6.45) is 0.423. The first kappa shape index (κ1) is 24.2. The molecule has 0 spiro atoms. The number of amides is 1. The number of para-hydroxylation sites is 2. The summed E-state index contributed by atoms with van der Waals surface area (Å²) in [5, 5.41) is 11.5. The number of hydrogen-bond acceptors (Lipinski definition) is 5. The average molecular weight is 512 g/mol. The van der Waals surface area contributed by atoms with Crippen LogP contribution in [0.15, 0.2) is 102 Å². The highest BCUT2D eigenvalue weighted by Gasteiger charge is 2.33. The van der Waals surface area contributed by atoms with Crippen LogP contribution in [-0.2, 0) is 0 Å². The van der Waals surface area contributed by atoms with Crippen LogP contribution in [0.3, 0.4) is 0 Å². The van der Waals surface area contributed by atoms with Gasteiger partial charge in [0.2, 0.25) is 0 Å². The van der Waals surface area contributed by atoms with E-state index in [1.54, 1.807) is 12.0 Å². The number of carbonyl (C=O) groups excluding carboxylic acids is 1. The molecular weight excluding hydrogens is 490 g/mol. The van der Waals surface area contributed by atoms with Gasteiger partial charge in [-0.05, 0) is 59.7 Å². The molecule has 5 rings (SSSR count). The molecule has 0 bridgehead atoms. The van der Waals surface area contributed by atoms with Crippen molar-refractivity contribution in [2.45, 2.75) is 12.5 Å². The van der Waals surface area contributed by atoms with Gasteiger partial charge in [0, 0.05) is 18.1 Å². The van der Waals surface area contributed by atoms with E-state index in [2.05, 4.69) is 0 Å². The third kappa shape index (κ3) is 4.81. The molecule has 0 N–H and O–H groups in total. The zero-order chi connectivity index (χ0) is 25.9. The van der Waals surface area contributed by atoms with Crippen molar-refractivity contribution in [2.75, 3.05) is 12.0 Å². The van der Waals surface area contributed by atoms with Gasteiger partial charge in [-0.25, -0.2) is 0 Å². The monoisotopic (exact) mass is 511 g/mol. The Morgan fingerprint density at radius 2 is 1.70 bits per heavy atom. The van der Waals surface area contributed by atoms with Gasteiger partial charge >= 0.3 is 0 Å². The third-order valence-electron chi connectivity index (χ3n) is 6.31. The summed E-state index contributed by atoms with van der Waals surface area (Å²) < 4.78 is 5.31. The summed E-state index contributed by atoms with van der Waals surface area (Å²) >= 11 is 6.03. The van der Waals surface area contributed by atoms with E-state index in [0.29, 0.717) is 17.8 Å². The van der Waals surface area contributed by atoms with Crippen LogP contribution in [0, 0.1) is 10.1 Å². The summed E-state index contributed by atoms with van der Waals surface area (Å²) in [5.74, 6) is 0.353. The molecule has 1 aliphatic rings. The van der Waals surface area contributed by atoms with Crippen molar-refractivity contribution in [3.63, 3.8) is 0 Å². The molecule has 1 heterocycles. The number of ether oxygens (including phenoxy) is 1. The number of aliphatic imine (C=N–C) groups is 1. The number of rotatable bonds is 5. The molecule has 0 aromatic heterocycles. The highest BCUT2D eigenvalue weighted by molar-refractivity contribution is 6.32. The summed E-state index contributed by atoms with van der Waals surface area (Å²) in [6.45, 7) is 0. The van der Waals surface area contributed by atoms with Crippen molar-refractivity contribution >= 4 is 40.3 Å². The van der Waals surface area contributed by atoms with Crippen LogP contribution in [0.4, 0.5) is 17.1 Å². The minimum Gasteiger partial charge on any atom is -0.497 e. The summed E-state index contributed by atoms with van der Waals surface area (Å²) in [6, 6.07) is 28.5. The van der Waals surface area contributed by atoms with Gasteiger partial charge in [0.1, 0.15) is 10.8 Å². The van der Waals surface area contributed by atoms with Crippen LogP contribution < -0.4 is 9.64 Å². The quantitative estimate of drug-likeness (QED) is 0.210. The highest BCUT2D eigenvalue weighted by Crippen LogP contribution is 2.42. The number of fused-ring (bicyclic) bond motifs is 1. The van der Waals surface area contributed by atoms with E-state index in [-0.39, 0.29) is 22.2 Å². The van der Waals surface area contributed by atoms with Crippen LogP contribution in [0.5, 0.6) is 5.75 Å². The van der Waals surface area contributed by atoms with Gasteiger partial charge < -0.3 is 4.74 Å². The van der Waals surface area contributed by atoms with Gasteiger partial charge in [-0.1, -0.05) is 54.1 Å². The van der Waals surface area contributed by atoms with E-state index >= 15 is 0 Å². The second kappa shape index (κ2) is 10.2. The lowest BCUT2D eigenvalue weighted by molar-refractivity contribution is -0.384. The first-order chi connectivity index (χ1) is 18.0. The minimum atomic E-state index is -0.588. The Bertz CT molecular complexity index is 1500. The molecule has 0 saturated carbocycles. The fraction of sp³-hybridized carbons (Fsp3) is 0.103. The molecular formula is C29H22ClN3O4. The number of nitrogens with zero attached hydrogens (tertiary/aromatic N) is 3. The van der Waals surface area contributed by atoms with Crippen molar-refractivity contribution in [2.24, 2.45) is 4.99 Å². The van der Waals surface area contributed by atoms with E-state index < -0.39 is 11.0 Å². The maximum atomic E-state index is 14.1. The second-order valence-corrected chi connectivity index (χ2v) is 8.91. The molecule has 8 heteroatoms. The molecule has 7 nitrogen and oxygen atoms in total. The number of carbonyl (C=O) groups is 1. The Labute approximate surface area is 218 Å². The molecule has 1 atom stereocenters. The number of halogens is 1. The highest BCUT2D eigenvalue weighted by atomic mass is 35.5. The number of methoxy groups -OCH3 is 1. The van der Waals surface area contributed by atoms with Gasteiger partial charge in [0.05, 0.1) is 35.2 Å². The minimum absolute atomic E-state index is 0.0254. The normalized spacial score (nSPS) is 14.8. The maximum absolute atomic E-state index is 14.1.